The molecule has 5 heteroatoms. The van der Waals surface area contributed by atoms with Crippen molar-refractivity contribution in [1.29, 1.82) is 0 Å². The minimum Gasteiger partial charge on any atom is -0.485 e. The number of hydrogen-bond donors (Lipinski definition) is 1. The van der Waals surface area contributed by atoms with Crippen molar-refractivity contribution in [2.45, 2.75) is 33.0 Å². The van der Waals surface area contributed by atoms with Crippen LogP contribution >= 0.6 is 0 Å². The van der Waals surface area contributed by atoms with Crippen molar-refractivity contribution < 1.29 is 14.4 Å². The quantitative estimate of drug-likeness (QED) is 0.879. The predicted octanol–water partition coefficient (Wildman–Crippen LogP) is 2.26. The number of benzene rings is 1. The lowest BCUT2D eigenvalue weighted by molar-refractivity contribution is 0.278. The molecule has 1 N–H and O–H groups in total. The highest BCUT2D eigenvalue weighted by atomic mass is 16.5. The first-order valence-corrected chi connectivity index (χ1v) is 5.84. The van der Waals surface area contributed by atoms with Gasteiger partial charge in [-0.1, -0.05) is 31.1 Å². The molecule has 0 spiro atoms. The maximum Gasteiger partial charge on any atom is 0.229 e. The second-order valence-electron chi connectivity index (χ2n) is 4.29. The van der Waals surface area contributed by atoms with Crippen LogP contribution in [0, 0.1) is 0 Å². The third kappa shape index (κ3) is 3.07. The van der Waals surface area contributed by atoms with E-state index < -0.39 is 0 Å². The standard InChI is InChI=1S/C13H16N2O3/c1-9(2)13-14-12(15-18-13)8-17-11-5-3-10(7-16)4-6-11/h3-6,9,16H,7-8H2,1-2H3. The van der Waals surface area contributed by atoms with Crippen LogP contribution in [0.5, 0.6) is 5.75 Å². The Balaban J connectivity index is 1.93. The molecule has 0 aliphatic rings. The SMILES string of the molecule is CC(C)c1nc(COc2ccc(CO)cc2)no1. The maximum absolute atomic E-state index is 8.92. The number of aliphatic hydroxyl groups excluding tert-OH is 1. The fourth-order valence-electron chi connectivity index (χ4n) is 1.40. The largest absolute Gasteiger partial charge is 0.485 e. The van der Waals surface area contributed by atoms with Crippen LogP contribution in [0.1, 0.15) is 37.0 Å². The van der Waals surface area contributed by atoms with Gasteiger partial charge in [-0.3, -0.25) is 0 Å². The van der Waals surface area contributed by atoms with Crippen molar-refractivity contribution in [3.8, 4) is 5.75 Å². The Hall–Kier alpha value is -1.88. The Kier molecular flexibility index (Phi) is 3.94. The van der Waals surface area contributed by atoms with Gasteiger partial charge in [-0.2, -0.15) is 4.98 Å². The highest BCUT2D eigenvalue weighted by Gasteiger charge is 2.09. The molecule has 0 saturated heterocycles. The molecular formula is C13H16N2O3. The highest BCUT2D eigenvalue weighted by molar-refractivity contribution is 5.26. The number of aliphatic hydroxyl groups is 1. The molecule has 0 unspecified atom stereocenters. The monoisotopic (exact) mass is 248 g/mol. The smallest absolute Gasteiger partial charge is 0.229 e. The van der Waals surface area contributed by atoms with Crippen LogP contribution in [0.4, 0.5) is 0 Å². The summed E-state index contributed by atoms with van der Waals surface area (Å²) in [7, 11) is 0. The van der Waals surface area contributed by atoms with Gasteiger partial charge in [0, 0.05) is 5.92 Å². The van der Waals surface area contributed by atoms with Crippen molar-refractivity contribution in [2.24, 2.45) is 0 Å². The zero-order valence-electron chi connectivity index (χ0n) is 10.5. The van der Waals surface area contributed by atoms with E-state index in [4.69, 9.17) is 14.4 Å². The highest BCUT2D eigenvalue weighted by Crippen LogP contribution is 2.15. The molecule has 0 saturated carbocycles. The van der Waals surface area contributed by atoms with Crippen LogP contribution < -0.4 is 4.74 Å². The maximum atomic E-state index is 8.92. The van der Waals surface area contributed by atoms with E-state index in [-0.39, 0.29) is 19.1 Å². The Morgan fingerprint density at radius 3 is 2.56 bits per heavy atom. The summed E-state index contributed by atoms with van der Waals surface area (Å²) < 4.78 is 10.6. The summed E-state index contributed by atoms with van der Waals surface area (Å²) in [4.78, 5) is 4.22. The molecular weight excluding hydrogens is 232 g/mol. The summed E-state index contributed by atoms with van der Waals surface area (Å²) in [6.45, 7) is 4.29. The summed E-state index contributed by atoms with van der Waals surface area (Å²) in [6, 6.07) is 7.22. The molecule has 0 aliphatic carbocycles. The van der Waals surface area contributed by atoms with Gasteiger partial charge in [-0.15, -0.1) is 0 Å². The molecule has 0 amide bonds. The number of aromatic nitrogens is 2. The summed E-state index contributed by atoms with van der Waals surface area (Å²) >= 11 is 0. The average molecular weight is 248 g/mol. The Bertz CT molecular complexity index is 491. The fourth-order valence-corrected chi connectivity index (χ4v) is 1.40. The second kappa shape index (κ2) is 5.64. The van der Waals surface area contributed by atoms with E-state index in [9.17, 15) is 0 Å². The fraction of sp³-hybridized carbons (Fsp3) is 0.385. The van der Waals surface area contributed by atoms with Crippen LogP contribution in [0.25, 0.3) is 0 Å². The normalized spacial score (nSPS) is 10.9. The molecule has 2 rings (SSSR count). The van der Waals surface area contributed by atoms with Crippen molar-refractivity contribution >= 4 is 0 Å². The van der Waals surface area contributed by atoms with Crippen molar-refractivity contribution in [2.75, 3.05) is 0 Å². The topological polar surface area (TPSA) is 68.4 Å². The molecule has 0 atom stereocenters. The van der Waals surface area contributed by atoms with E-state index >= 15 is 0 Å². The minimum absolute atomic E-state index is 0.0306. The van der Waals surface area contributed by atoms with Crippen molar-refractivity contribution in [1.82, 2.24) is 10.1 Å². The molecule has 1 heterocycles. The van der Waals surface area contributed by atoms with Gasteiger partial charge in [-0.25, -0.2) is 0 Å². The Morgan fingerprint density at radius 2 is 2.00 bits per heavy atom. The lowest BCUT2D eigenvalue weighted by atomic mass is 10.2. The van der Waals surface area contributed by atoms with E-state index in [1.807, 2.05) is 26.0 Å². The summed E-state index contributed by atoms with van der Waals surface area (Å²) in [6.07, 6.45) is 0. The molecule has 0 aliphatic heterocycles. The van der Waals surface area contributed by atoms with Crippen LogP contribution in [0.2, 0.25) is 0 Å². The number of hydrogen-bond acceptors (Lipinski definition) is 5. The third-order valence-electron chi connectivity index (χ3n) is 2.45. The molecule has 1 aromatic carbocycles. The number of rotatable bonds is 5. The summed E-state index contributed by atoms with van der Waals surface area (Å²) in [5.41, 5.74) is 0.851. The second-order valence-corrected chi connectivity index (χ2v) is 4.29. The molecule has 0 bridgehead atoms. The summed E-state index contributed by atoms with van der Waals surface area (Å²) in [5.74, 6) is 2.08. The molecule has 2 aromatic rings. The molecule has 1 aromatic heterocycles. The lowest BCUT2D eigenvalue weighted by Crippen LogP contribution is -1.98. The van der Waals surface area contributed by atoms with Crippen molar-refractivity contribution in [3.63, 3.8) is 0 Å². The van der Waals surface area contributed by atoms with Gasteiger partial charge in [0.2, 0.25) is 11.7 Å². The van der Waals surface area contributed by atoms with E-state index in [0.29, 0.717) is 17.5 Å². The number of nitrogens with zero attached hydrogens (tertiary/aromatic N) is 2. The van der Waals surface area contributed by atoms with E-state index in [1.165, 1.54) is 0 Å². The van der Waals surface area contributed by atoms with E-state index in [1.54, 1.807) is 12.1 Å². The van der Waals surface area contributed by atoms with Gasteiger partial charge < -0.3 is 14.4 Å². The first-order chi connectivity index (χ1) is 8.69. The van der Waals surface area contributed by atoms with E-state index in [2.05, 4.69) is 10.1 Å². The molecule has 0 radical (unpaired) electrons. The van der Waals surface area contributed by atoms with Gasteiger partial charge in [-0.05, 0) is 17.7 Å². The predicted molar refractivity (Wildman–Crippen MR) is 65.1 cm³/mol. The first-order valence-electron chi connectivity index (χ1n) is 5.84. The minimum atomic E-state index is 0.0306. The van der Waals surface area contributed by atoms with Gasteiger partial charge in [0.1, 0.15) is 5.75 Å². The van der Waals surface area contributed by atoms with E-state index in [0.717, 1.165) is 5.56 Å². The number of ether oxygens (including phenoxy) is 1. The Labute approximate surface area is 105 Å². The first kappa shape index (κ1) is 12.6. The molecule has 0 fully saturated rings. The third-order valence-corrected chi connectivity index (χ3v) is 2.45. The van der Waals surface area contributed by atoms with Gasteiger partial charge in [0.05, 0.1) is 6.61 Å². The van der Waals surface area contributed by atoms with Gasteiger partial charge in [0.25, 0.3) is 0 Å². The van der Waals surface area contributed by atoms with Crippen LogP contribution in [-0.2, 0) is 13.2 Å². The van der Waals surface area contributed by atoms with Gasteiger partial charge in [0.15, 0.2) is 6.61 Å². The van der Waals surface area contributed by atoms with Crippen LogP contribution in [-0.4, -0.2) is 15.2 Å². The van der Waals surface area contributed by atoms with Gasteiger partial charge >= 0.3 is 0 Å². The Morgan fingerprint density at radius 1 is 1.28 bits per heavy atom. The van der Waals surface area contributed by atoms with Crippen LogP contribution in [0.15, 0.2) is 28.8 Å². The molecule has 18 heavy (non-hydrogen) atoms. The average Bonchev–Trinajstić information content (AvgIpc) is 2.86. The lowest BCUT2D eigenvalue weighted by Gasteiger charge is -2.03. The molecule has 96 valence electrons. The zero-order chi connectivity index (χ0) is 13.0. The van der Waals surface area contributed by atoms with Crippen molar-refractivity contribution in [3.05, 3.63) is 41.5 Å². The molecule has 5 nitrogen and oxygen atoms in total. The van der Waals surface area contributed by atoms with Crippen LogP contribution in [0.3, 0.4) is 0 Å². The summed E-state index contributed by atoms with van der Waals surface area (Å²) in [5, 5.41) is 12.8. The zero-order valence-corrected chi connectivity index (χ0v) is 10.5.